The van der Waals surface area contributed by atoms with Crippen LogP contribution in [0.15, 0.2) is 66.7 Å². The van der Waals surface area contributed by atoms with E-state index in [9.17, 15) is 4.79 Å². The largest absolute Gasteiger partial charge is 0.497 e. The molecule has 0 saturated heterocycles. The summed E-state index contributed by atoms with van der Waals surface area (Å²) in [6.07, 6.45) is -0.679. The van der Waals surface area contributed by atoms with Crippen molar-refractivity contribution in [1.29, 1.82) is 0 Å². The van der Waals surface area contributed by atoms with Gasteiger partial charge in [-0.2, -0.15) is 5.10 Å². The minimum Gasteiger partial charge on any atom is -0.497 e. The average Bonchev–Trinajstić information content (AvgIpc) is 3.24. The number of methoxy groups -OCH3 is 2. The number of hydrogen-bond donors (Lipinski definition) is 2. The van der Waals surface area contributed by atoms with Crippen molar-refractivity contribution in [3.8, 4) is 23.0 Å². The highest BCUT2D eigenvalue weighted by molar-refractivity contribution is 6.01. The SMILES string of the molecule is COc1cc(COc2ccc3c(NC(=O)C(C)Oc4ccccc4)n[nH]c3c2)cc(OC)c1. The van der Waals surface area contributed by atoms with Crippen LogP contribution in [0.4, 0.5) is 5.82 Å². The summed E-state index contributed by atoms with van der Waals surface area (Å²) in [5.41, 5.74) is 1.65. The van der Waals surface area contributed by atoms with Crippen LogP contribution in [0.25, 0.3) is 10.9 Å². The summed E-state index contributed by atoms with van der Waals surface area (Å²) < 4.78 is 22.2. The number of benzene rings is 3. The summed E-state index contributed by atoms with van der Waals surface area (Å²) in [7, 11) is 3.22. The Labute approximate surface area is 191 Å². The van der Waals surface area contributed by atoms with E-state index in [1.807, 2.05) is 54.6 Å². The Hall–Kier alpha value is -4.20. The van der Waals surface area contributed by atoms with Crippen molar-refractivity contribution in [2.24, 2.45) is 0 Å². The highest BCUT2D eigenvalue weighted by Gasteiger charge is 2.17. The molecule has 1 amide bonds. The van der Waals surface area contributed by atoms with E-state index in [1.165, 1.54) is 0 Å². The number of rotatable bonds is 9. The Morgan fingerprint density at radius 1 is 0.939 bits per heavy atom. The fourth-order valence-electron chi connectivity index (χ4n) is 3.28. The molecule has 3 aromatic carbocycles. The van der Waals surface area contributed by atoms with Gasteiger partial charge in [-0.1, -0.05) is 18.2 Å². The standard InChI is InChI=1S/C25H25N3O5/c1-16(33-18-7-5-4-6-8-18)25(29)26-24-22-10-9-19(14-23(22)27-28-24)32-15-17-11-20(30-2)13-21(12-17)31-3/h4-14,16H,15H2,1-3H3,(H2,26,27,28,29). The zero-order chi connectivity index (χ0) is 23.2. The first kappa shape index (κ1) is 22.0. The first-order valence-corrected chi connectivity index (χ1v) is 10.4. The predicted octanol–water partition coefficient (Wildman–Crippen LogP) is 4.57. The lowest BCUT2D eigenvalue weighted by Gasteiger charge is -2.13. The van der Waals surface area contributed by atoms with Gasteiger partial charge in [-0.05, 0) is 48.9 Å². The fourth-order valence-corrected chi connectivity index (χ4v) is 3.28. The number of H-pyrrole nitrogens is 1. The molecule has 1 atom stereocenters. The van der Waals surface area contributed by atoms with Crippen LogP contribution in [0.2, 0.25) is 0 Å². The van der Waals surface area contributed by atoms with Crippen LogP contribution in [0.3, 0.4) is 0 Å². The van der Waals surface area contributed by atoms with Crippen LogP contribution in [-0.2, 0) is 11.4 Å². The van der Waals surface area contributed by atoms with Gasteiger partial charge in [0, 0.05) is 17.5 Å². The molecule has 4 rings (SSSR count). The van der Waals surface area contributed by atoms with Crippen LogP contribution in [-0.4, -0.2) is 36.4 Å². The van der Waals surface area contributed by atoms with E-state index < -0.39 is 6.10 Å². The lowest BCUT2D eigenvalue weighted by molar-refractivity contribution is -0.122. The molecule has 170 valence electrons. The van der Waals surface area contributed by atoms with Gasteiger partial charge in [0.05, 0.1) is 19.7 Å². The Kier molecular flexibility index (Phi) is 6.64. The molecule has 0 aliphatic carbocycles. The third-order valence-electron chi connectivity index (χ3n) is 5.02. The number of nitrogens with one attached hydrogen (secondary N) is 2. The van der Waals surface area contributed by atoms with Crippen molar-refractivity contribution < 1.29 is 23.7 Å². The number of ether oxygens (including phenoxy) is 4. The Morgan fingerprint density at radius 3 is 2.36 bits per heavy atom. The molecular weight excluding hydrogens is 422 g/mol. The maximum atomic E-state index is 12.6. The molecule has 1 unspecified atom stereocenters. The molecule has 0 spiro atoms. The van der Waals surface area contributed by atoms with Gasteiger partial charge < -0.3 is 24.3 Å². The van der Waals surface area contributed by atoms with Gasteiger partial charge in [0.1, 0.15) is 29.6 Å². The molecule has 8 heteroatoms. The summed E-state index contributed by atoms with van der Waals surface area (Å²) in [5, 5.41) is 10.7. The second-order valence-corrected chi connectivity index (χ2v) is 7.35. The molecule has 0 bridgehead atoms. The average molecular weight is 447 g/mol. The number of aromatic amines is 1. The van der Waals surface area contributed by atoms with Crippen molar-refractivity contribution >= 4 is 22.6 Å². The van der Waals surface area contributed by atoms with E-state index in [1.54, 1.807) is 33.3 Å². The number of fused-ring (bicyclic) bond motifs is 1. The molecule has 0 aliphatic heterocycles. The number of hydrogen-bond acceptors (Lipinski definition) is 6. The maximum Gasteiger partial charge on any atom is 0.266 e. The lowest BCUT2D eigenvalue weighted by Crippen LogP contribution is -2.30. The number of nitrogens with zero attached hydrogens (tertiary/aromatic N) is 1. The van der Waals surface area contributed by atoms with Crippen LogP contribution in [0.1, 0.15) is 12.5 Å². The quantitative estimate of drug-likeness (QED) is 0.390. The van der Waals surface area contributed by atoms with Crippen LogP contribution >= 0.6 is 0 Å². The molecule has 1 aromatic heterocycles. The molecule has 8 nitrogen and oxygen atoms in total. The monoisotopic (exact) mass is 447 g/mol. The summed E-state index contributed by atoms with van der Waals surface area (Å²) in [4.78, 5) is 12.6. The van der Waals surface area contributed by atoms with Gasteiger partial charge in [-0.15, -0.1) is 0 Å². The normalized spacial score (nSPS) is 11.6. The number of amides is 1. The van der Waals surface area contributed by atoms with E-state index >= 15 is 0 Å². The number of para-hydroxylation sites is 1. The fraction of sp³-hybridized carbons (Fsp3) is 0.200. The molecule has 0 radical (unpaired) electrons. The molecule has 0 aliphatic rings. The van der Waals surface area contributed by atoms with Crippen LogP contribution < -0.4 is 24.3 Å². The second kappa shape index (κ2) is 9.95. The van der Waals surface area contributed by atoms with Gasteiger partial charge in [0.25, 0.3) is 5.91 Å². The minimum atomic E-state index is -0.679. The molecular formula is C25H25N3O5. The lowest BCUT2D eigenvalue weighted by atomic mass is 10.2. The summed E-state index contributed by atoms with van der Waals surface area (Å²) in [5.74, 6) is 2.82. The highest BCUT2D eigenvalue weighted by atomic mass is 16.5. The first-order chi connectivity index (χ1) is 16.1. The van der Waals surface area contributed by atoms with Gasteiger partial charge >= 0.3 is 0 Å². The van der Waals surface area contributed by atoms with E-state index in [2.05, 4.69) is 15.5 Å². The Balaban J connectivity index is 1.41. The third-order valence-corrected chi connectivity index (χ3v) is 5.02. The second-order valence-electron chi connectivity index (χ2n) is 7.35. The van der Waals surface area contributed by atoms with Gasteiger partial charge in [-0.25, -0.2) is 0 Å². The number of carbonyl (C=O) groups is 1. The van der Waals surface area contributed by atoms with E-state index in [0.29, 0.717) is 35.4 Å². The smallest absolute Gasteiger partial charge is 0.266 e. The molecule has 4 aromatic rings. The minimum absolute atomic E-state index is 0.292. The predicted molar refractivity (Wildman–Crippen MR) is 125 cm³/mol. The topological polar surface area (TPSA) is 94.7 Å². The van der Waals surface area contributed by atoms with Crippen LogP contribution in [0.5, 0.6) is 23.0 Å². The highest BCUT2D eigenvalue weighted by Crippen LogP contribution is 2.27. The molecule has 1 heterocycles. The number of anilines is 1. The van der Waals surface area contributed by atoms with Crippen LogP contribution in [0, 0.1) is 0 Å². The van der Waals surface area contributed by atoms with Gasteiger partial charge in [0.2, 0.25) is 0 Å². The third kappa shape index (κ3) is 5.35. The first-order valence-electron chi connectivity index (χ1n) is 10.4. The van der Waals surface area contributed by atoms with Crippen molar-refractivity contribution in [1.82, 2.24) is 10.2 Å². The molecule has 2 N–H and O–H groups in total. The number of aromatic nitrogens is 2. The molecule has 0 saturated carbocycles. The molecule has 33 heavy (non-hydrogen) atoms. The van der Waals surface area contributed by atoms with Crippen molar-refractivity contribution in [3.63, 3.8) is 0 Å². The summed E-state index contributed by atoms with van der Waals surface area (Å²) in [6.45, 7) is 2.03. The van der Waals surface area contributed by atoms with Gasteiger partial charge in [0.15, 0.2) is 11.9 Å². The maximum absolute atomic E-state index is 12.6. The zero-order valence-corrected chi connectivity index (χ0v) is 18.6. The zero-order valence-electron chi connectivity index (χ0n) is 18.6. The Morgan fingerprint density at radius 2 is 1.67 bits per heavy atom. The van der Waals surface area contributed by atoms with Gasteiger partial charge in [-0.3, -0.25) is 9.89 Å². The van der Waals surface area contributed by atoms with Crippen molar-refractivity contribution in [2.45, 2.75) is 19.6 Å². The van der Waals surface area contributed by atoms with E-state index in [0.717, 1.165) is 16.5 Å². The van der Waals surface area contributed by atoms with Crippen molar-refractivity contribution in [2.75, 3.05) is 19.5 Å². The van der Waals surface area contributed by atoms with Crippen molar-refractivity contribution in [3.05, 3.63) is 72.3 Å². The van der Waals surface area contributed by atoms with E-state index in [4.69, 9.17) is 18.9 Å². The summed E-state index contributed by atoms with van der Waals surface area (Å²) >= 11 is 0. The van der Waals surface area contributed by atoms with E-state index in [-0.39, 0.29) is 5.91 Å². The summed E-state index contributed by atoms with van der Waals surface area (Å²) in [6, 6.07) is 20.3. The number of carbonyl (C=O) groups excluding carboxylic acids is 1. The molecule has 0 fully saturated rings. The Bertz CT molecular complexity index is 1220.